The van der Waals surface area contributed by atoms with Crippen LogP contribution in [0.3, 0.4) is 0 Å². The Morgan fingerprint density at radius 3 is 2.20 bits per heavy atom. The fraction of sp³-hybridized carbons (Fsp3) is 0.875. The first-order chi connectivity index (χ1) is 7.05. The lowest BCUT2D eigenvalue weighted by Crippen LogP contribution is -2.24. The number of ether oxygens (including phenoxy) is 1. The number of carbonyl (C=O) groups excluding carboxylic acids is 1. The van der Waals surface area contributed by atoms with Gasteiger partial charge in [-0.05, 0) is 12.8 Å². The highest BCUT2D eigenvalue weighted by Crippen LogP contribution is 2.53. The molecule has 0 aromatic heterocycles. The monoisotopic (exact) mass is 258 g/mol. The van der Waals surface area contributed by atoms with E-state index in [9.17, 15) is 9.36 Å². The Morgan fingerprint density at radius 2 is 1.87 bits per heavy atom. The molecule has 0 rings (SSSR count). The second-order valence-corrected chi connectivity index (χ2v) is 5.59. The number of methoxy groups -OCH3 is 1. The molecule has 1 atom stereocenters. The largest absolute Gasteiger partial charge is 0.468 e. The Morgan fingerprint density at radius 1 is 1.33 bits per heavy atom. The van der Waals surface area contributed by atoms with E-state index in [1.807, 2.05) is 0 Å². The van der Waals surface area contributed by atoms with Gasteiger partial charge in [-0.2, -0.15) is 0 Å². The number of alkyl halides is 1. The van der Waals surface area contributed by atoms with Crippen LogP contribution in [0.4, 0.5) is 0 Å². The van der Waals surface area contributed by atoms with E-state index in [2.05, 4.69) is 4.74 Å². The van der Waals surface area contributed by atoms with E-state index in [1.165, 1.54) is 21.3 Å². The smallest absolute Gasteiger partial charge is 0.344 e. The highest BCUT2D eigenvalue weighted by molar-refractivity contribution is 7.55. The molecule has 0 heterocycles. The van der Waals surface area contributed by atoms with Crippen LogP contribution in [-0.2, 0) is 23.1 Å². The Kier molecular flexibility index (Phi) is 7.18. The predicted octanol–water partition coefficient (Wildman–Crippen LogP) is 2.03. The van der Waals surface area contributed by atoms with Crippen LogP contribution in [0, 0.1) is 0 Å². The zero-order valence-corrected chi connectivity index (χ0v) is 10.7. The molecule has 0 saturated carbocycles. The van der Waals surface area contributed by atoms with Crippen molar-refractivity contribution in [3.8, 4) is 0 Å². The topological polar surface area (TPSA) is 61.8 Å². The SMILES string of the molecule is COC(=O)[C@@H](CCCCl)P(=O)(OC)OC. The van der Waals surface area contributed by atoms with Gasteiger partial charge in [0.2, 0.25) is 0 Å². The molecule has 90 valence electrons. The third-order valence-corrected chi connectivity index (χ3v) is 4.49. The van der Waals surface area contributed by atoms with Gasteiger partial charge >= 0.3 is 13.6 Å². The lowest BCUT2D eigenvalue weighted by molar-refractivity contribution is -0.140. The van der Waals surface area contributed by atoms with Gasteiger partial charge in [-0.1, -0.05) is 0 Å². The van der Waals surface area contributed by atoms with Crippen molar-refractivity contribution in [2.75, 3.05) is 27.2 Å². The third-order valence-electron chi connectivity index (χ3n) is 1.98. The summed E-state index contributed by atoms with van der Waals surface area (Å²) in [6.07, 6.45) is 0.854. The van der Waals surface area contributed by atoms with Crippen molar-refractivity contribution in [1.82, 2.24) is 0 Å². The fourth-order valence-electron chi connectivity index (χ4n) is 1.14. The predicted molar refractivity (Wildman–Crippen MR) is 57.4 cm³/mol. The summed E-state index contributed by atoms with van der Waals surface area (Å²) >= 11 is 5.51. The van der Waals surface area contributed by atoms with Gasteiger partial charge in [0, 0.05) is 20.1 Å². The van der Waals surface area contributed by atoms with E-state index in [0.29, 0.717) is 18.7 Å². The summed E-state index contributed by atoms with van der Waals surface area (Å²) in [6.45, 7) is 0. The van der Waals surface area contributed by atoms with E-state index in [4.69, 9.17) is 20.6 Å². The van der Waals surface area contributed by atoms with E-state index in [0.717, 1.165) is 0 Å². The highest BCUT2D eigenvalue weighted by Gasteiger charge is 2.40. The van der Waals surface area contributed by atoms with E-state index >= 15 is 0 Å². The van der Waals surface area contributed by atoms with E-state index in [-0.39, 0.29) is 0 Å². The second kappa shape index (κ2) is 7.23. The lowest BCUT2D eigenvalue weighted by atomic mass is 10.2. The molecule has 7 heteroatoms. The normalized spacial score (nSPS) is 13.6. The summed E-state index contributed by atoms with van der Waals surface area (Å²) in [4.78, 5) is 11.4. The van der Waals surface area contributed by atoms with Gasteiger partial charge in [0.05, 0.1) is 7.11 Å². The third kappa shape index (κ3) is 4.11. The van der Waals surface area contributed by atoms with Crippen molar-refractivity contribution in [3.05, 3.63) is 0 Å². The molecule has 0 spiro atoms. The summed E-state index contributed by atoms with van der Waals surface area (Å²) in [5.41, 5.74) is -0.906. The van der Waals surface area contributed by atoms with Crippen molar-refractivity contribution in [2.24, 2.45) is 0 Å². The summed E-state index contributed by atoms with van der Waals surface area (Å²) in [6, 6.07) is 0. The Labute approximate surface area is 94.6 Å². The molecule has 0 aliphatic carbocycles. The Bertz CT molecular complexity index is 237. The minimum atomic E-state index is -3.43. The van der Waals surface area contributed by atoms with Gasteiger partial charge in [-0.3, -0.25) is 9.36 Å². The van der Waals surface area contributed by atoms with Crippen LogP contribution in [0.5, 0.6) is 0 Å². The number of carbonyl (C=O) groups is 1. The minimum Gasteiger partial charge on any atom is -0.468 e. The average Bonchev–Trinajstić information content (AvgIpc) is 2.28. The van der Waals surface area contributed by atoms with Crippen LogP contribution in [0.15, 0.2) is 0 Å². The molecular formula is C8H16ClO5P. The first-order valence-electron chi connectivity index (χ1n) is 4.40. The lowest BCUT2D eigenvalue weighted by Gasteiger charge is -2.21. The molecule has 0 aliphatic rings. The number of halogens is 1. The first kappa shape index (κ1) is 14.9. The maximum absolute atomic E-state index is 12.0. The van der Waals surface area contributed by atoms with E-state index in [1.54, 1.807) is 0 Å². The van der Waals surface area contributed by atoms with Crippen LogP contribution in [-0.4, -0.2) is 38.8 Å². The molecule has 0 aromatic rings. The van der Waals surface area contributed by atoms with Gasteiger partial charge in [0.1, 0.15) is 0 Å². The molecule has 0 radical (unpaired) electrons. The van der Waals surface area contributed by atoms with Crippen LogP contribution >= 0.6 is 19.2 Å². The van der Waals surface area contributed by atoms with Gasteiger partial charge < -0.3 is 13.8 Å². The van der Waals surface area contributed by atoms with Crippen molar-refractivity contribution in [2.45, 2.75) is 18.5 Å². The van der Waals surface area contributed by atoms with Crippen LogP contribution in [0.1, 0.15) is 12.8 Å². The zero-order valence-electron chi connectivity index (χ0n) is 9.07. The number of esters is 1. The van der Waals surface area contributed by atoms with Crippen LogP contribution < -0.4 is 0 Å². The molecule has 0 unspecified atom stereocenters. The quantitative estimate of drug-likeness (QED) is 0.397. The number of hydrogen-bond acceptors (Lipinski definition) is 5. The first-order valence-corrected chi connectivity index (χ1v) is 6.55. The fourth-order valence-corrected chi connectivity index (χ4v) is 2.82. The standard InChI is InChI=1S/C8H16ClO5P/c1-12-8(10)7(5-4-6-9)15(11,13-2)14-3/h7H,4-6H2,1-3H3/t7-/m1/s1. The van der Waals surface area contributed by atoms with Gasteiger partial charge in [-0.15, -0.1) is 11.6 Å². The number of hydrogen-bond donors (Lipinski definition) is 0. The molecule has 0 saturated heterocycles. The molecule has 5 nitrogen and oxygen atoms in total. The van der Waals surface area contributed by atoms with Gasteiger partial charge in [0.15, 0.2) is 5.66 Å². The summed E-state index contributed by atoms with van der Waals surface area (Å²) in [5.74, 6) is -0.229. The molecule has 0 N–H and O–H groups in total. The molecule has 0 aliphatic heterocycles. The molecule has 0 aromatic carbocycles. The van der Waals surface area contributed by atoms with Crippen molar-refractivity contribution in [1.29, 1.82) is 0 Å². The van der Waals surface area contributed by atoms with E-state index < -0.39 is 19.2 Å². The average molecular weight is 259 g/mol. The maximum Gasteiger partial charge on any atom is 0.344 e. The zero-order chi connectivity index (χ0) is 11.9. The Hall–Kier alpha value is -0.0900. The molecule has 0 fully saturated rings. The molecule has 0 amide bonds. The number of rotatable bonds is 7. The van der Waals surface area contributed by atoms with Crippen LogP contribution in [0.2, 0.25) is 0 Å². The molecule has 15 heavy (non-hydrogen) atoms. The maximum atomic E-state index is 12.0. The van der Waals surface area contributed by atoms with Gasteiger partial charge in [-0.25, -0.2) is 0 Å². The summed E-state index contributed by atoms with van der Waals surface area (Å²) in [5, 5.41) is 0. The summed E-state index contributed by atoms with van der Waals surface area (Å²) in [7, 11) is 0.275. The van der Waals surface area contributed by atoms with Crippen molar-refractivity contribution in [3.63, 3.8) is 0 Å². The van der Waals surface area contributed by atoms with Crippen LogP contribution in [0.25, 0.3) is 0 Å². The van der Waals surface area contributed by atoms with Crippen molar-refractivity contribution >= 4 is 25.2 Å². The second-order valence-electron chi connectivity index (χ2n) is 2.78. The van der Waals surface area contributed by atoms with Gasteiger partial charge in [0.25, 0.3) is 0 Å². The van der Waals surface area contributed by atoms with Crippen molar-refractivity contribution < 1.29 is 23.1 Å². The summed E-state index contributed by atoms with van der Waals surface area (Å²) < 4.78 is 26.0. The molecule has 0 bridgehead atoms. The minimum absolute atomic E-state index is 0.315. The Balaban J connectivity index is 4.74. The highest BCUT2D eigenvalue weighted by atomic mass is 35.5. The molecular weight excluding hydrogens is 243 g/mol.